The molecule has 148 valence electrons. The normalized spacial score (nSPS) is 16.0. The van der Waals surface area contributed by atoms with E-state index in [9.17, 15) is 17.6 Å². The standard InChI is InChI=1S/C15H23FN2O.C2HF3O2/c1-19-13-12-18-10-8-17(9-11-18)7-6-14-4-2-3-5-15(14)16;3-2(4,5)1(6)7/h2-5H,6-13H2,1H3;(H,6,7). The van der Waals surface area contributed by atoms with E-state index in [0.717, 1.165) is 57.9 Å². The zero-order valence-electron chi connectivity index (χ0n) is 14.6. The van der Waals surface area contributed by atoms with Crippen LogP contribution in [0, 0.1) is 5.82 Å². The molecule has 0 unspecified atom stereocenters. The molecule has 1 aliphatic heterocycles. The summed E-state index contributed by atoms with van der Waals surface area (Å²) in [7, 11) is 1.74. The van der Waals surface area contributed by atoms with Gasteiger partial charge in [0, 0.05) is 46.4 Å². The molecule has 1 N–H and O–H groups in total. The molecule has 0 aliphatic carbocycles. The van der Waals surface area contributed by atoms with E-state index in [1.54, 1.807) is 13.2 Å². The van der Waals surface area contributed by atoms with Gasteiger partial charge in [-0.1, -0.05) is 18.2 Å². The summed E-state index contributed by atoms with van der Waals surface area (Å²) in [6.45, 7) is 7.06. The molecular formula is C17H24F4N2O3. The maximum atomic E-state index is 13.5. The molecule has 1 fully saturated rings. The van der Waals surface area contributed by atoms with Crippen LogP contribution < -0.4 is 0 Å². The molecular weight excluding hydrogens is 356 g/mol. The number of hydrogen-bond acceptors (Lipinski definition) is 4. The molecule has 1 aromatic carbocycles. The molecule has 5 nitrogen and oxygen atoms in total. The van der Waals surface area contributed by atoms with Crippen molar-refractivity contribution >= 4 is 5.97 Å². The maximum Gasteiger partial charge on any atom is 0.490 e. The minimum Gasteiger partial charge on any atom is -0.475 e. The molecule has 0 bridgehead atoms. The Morgan fingerprint density at radius 1 is 1.12 bits per heavy atom. The van der Waals surface area contributed by atoms with Crippen LogP contribution >= 0.6 is 0 Å². The highest BCUT2D eigenvalue weighted by Crippen LogP contribution is 2.13. The molecule has 1 aromatic rings. The first-order valence-electron chi connectivity index (χ1n) is 8.21. The Balaban J connectivity index is 0.000000412. The molecule has 0 amide bonds. The second-order valence-corrected chi connectivity index (χ2v) is 5.82. The van der Waals surface area contributed by atoms with Crippen LogP contribution in [-0.4, -0.2) is 80.0 Å². The van der Waals surface area contributed by atoms with Gasteiger partial charge in [0.1, 0.15) is 5.82 Å². The lowest BCUT2D eigenvalue weighted by molar-refractivity contribution is -0.192. The van der Waals surface area contributed by atoms with Gasteiger partial charge in [0.25, 0.3) is 0 Å². The summed E-state index contributed by atoms with van der Waals surface area (Å²) in [4.78, 5) is 13.7. The lowest BCUT2D eigenvalue weighted by Gasteiger charge is -2.34. The molecule has 0 saturated carbocycles. The predicted octanol–water partition coefficient (Wildman–Crippen LogP) is 2.27. The second-order valence-electron chi connectivity index (χ2n) is 5.82. The Kier molecular flexibility index (Phi) is 9.53. The number of methoxy groups -OCH3 is 1. The van der Waals surface area contributed by atoms with Gasteiger partial charge in [-0.05, 0) is 18.1 Å². The van der Waals surface area contributed by atoms with Crippen LogP contribution in [0.4, 0.5) is 17.6 Å². The molecule has 0 radical (unpaired) electrons. The number of nitrogens with zero attached hydrogens (tertiary/aromatic N) is 2. The van der Waals surface area contributed by atoms with Crippen molar-refractivity contribution in [3.63, 3.8) is 0 Å². The number of carboxylic acid groups (broad SMARTS) is 1. The Hall–Kier alpha value is -1.71. The summed E-state index contributed by atoms with van der Waals surface area (Å²) >= 11 is 0. The average molecular weight is 380 g/mol. The fourth-order valence-corrected chi connectivity index (χ4v) is 2.44. The first kappa shape index (κ1) is 22.3. The van der Waals surface area contributed by atoms with E-state index in [-0.39, 0.29) is 5.82 Å². The van der Waals surface area contributed by atoms with Crippen molar-refractivity contribution < 1.29 is 32.2 Å². The molecule has 0 atom stereocenters. The first-order chi connectivity index (χ1) is 12.2. The topological polar surface area (TPSA) is 53.0 Å². The largest absolute Gasteiger partial charge is 0.490 e. The van der Waals surface area contributed by atoms with Crippen molar-refractivity contribution in [2.45, 2.75) is 12.6 Å². The number of halogens is 4. The molecule has 26 heavy (non-hydrogen) atoms. The van der Waals surface area contributed by atoms with E-state index in [1.807, 2.05) is 12.1 Å². The molecule has 1 heterocycles. The minimum absolute atomic E-state index is 0.0822. The third-order valence-corrected chi connectivity index (χ3v) is 3.97. The van der Waals surface area contributed by atoms with E-state index >= 15 is 0 Å². The second kappa shape index (κ2) is 11.1. The Morgan fingerprint density at radius 2 is 1.62 bits per heavy atom. The lowest BCUT2D eigenvalue weighted by atomic mass is 10.1. The van der Waals surface area contributed by atoms with E-state index in [2.05, 4.69) is 9.80 Å². The zero-order chi connectivity index (χ0) is 19.6. The summed E-state index contributed by atoms with van der Waals surface area (Å²) < 4.78 is 50.3. The summed E-state index contributed by atoms with van der Waals surface area (Å²) in [5.74, 6) is -2.84. The van der Waals surface area contributed by atoms with Gasteiger partial charge in [0.05, 0.1) is 6.61 Å². The number of benzene rings is 1. The van der Waals surface area contributed by atoms with Gasteiger partial charge in [0.15, 0.2) is 0 Å². The van der Waals surface area contributed by atoms with Crippen molar-refractivity contribution in [3.8, 4) is 0 Å². The molecule has 9 heteroatoms. The monoisotopic (exact) mass is 380 g/mol. The van der Waals surface area contributed by atoms with E-state index in [0.29, 0.717) is 0 Å². The predicted molar refractivity (Wildman–Crippen MR) is 88.6 cm³/mol. The SMILES string of the molecule is COCCN1CCN(CCc2ccccc2F)CC1.O=C(O)C(F)(F)F. The Labute approximate surface area is 150 Å². The highest BCUT2D eigenvalue weighted by Gasteiger charge is 2.38. The molecule has 0 spiro atoms. The summed E-state index contributed by atoms with van der Waals surface area (Å²) in [6, 6.07) is 7.07. The van der Waals surface area contributed by atoms with Crippen molar-refractivity contribution in [2.24, 2.45) is 0 Å². The van der Waals surface area contributed by atoms with Crippen LogP contribution in [0.1, 0.15) is 5.56 Å². The highest BCUT2D eigenvalue weighted by atomic mass is 19.4. The van der Waals surface area contributed by atoms with Crippen molar-refractivity contribution in [3.05, 3.63) is 35.6 Å². The average Bonchev–Trinajstić information content (AvgIpc) is 2.60. The van der Waals surface area contributed by atoms with Gasteiger partial charge in [0.2, 0.25) is 0 Å². The van der Waals surface area contributed by atoms with Crippen LogP contribution in [0.3, 0.4) is 0 Å². The van der Waals surface area contributed by atoms with Gasteiger partial charge in [-0.15, -0.1) is 0 Å². The summed E-state index contributed by atoms with van der Waals surface area (Å²) in [5.41, 5.74) is 0.823. The van der Waals surface area contributed by atoms with Gasteiger partial charge >= 0.3 is 12.1 Å². The van der Waals surface area contributed by atoms with E-state index in [1.165, 1.54) is 6.07 Å². The maximum absolute atomic E-state index is 13.5. The number of hydrogen-bond donors (Lipinski definition) is 1. The summed E-state index contributed by atoms with van der Waals surface area (Å²) in [6.07, 6.45) is -4.29. The third-order valence-electron chi connectivity index (χ3n) is 3.97. The van der Waals surface area contributed by atoms with Crippen LogP contribution in [0.2, 0.25) is 0 Å². The van der Waals surface area contributed by atoms with Crippen molar-refractivity contribution in [1.82, 2.24) is 9.80 Å². The van der Waals surface area contributed by atoms with Gasteiger partial charge in [-0.3, -0.25) is 4.90 Å². The fraction of sp³-hybridized carbons (Fsp3) is 0.588. The Bertz CT molecular complexity index is 547. The van der Waals surface area contributed by atoms with Crippen LogP contribution in [0.25, 0.3) is 0 Å². The molecule has 0 aromatic heterocycles. The van der Waals surface area contributed by atoms with Crippen molar-refractivity contribution in [2.75, 3.05) is 53.0 Å². The number of ether oxygens (including phenoxy) is 1. The van der Waals surface area contributed by atoms with Crippen LogP contribution in [0.15, 0.2) is 24.3 Å². The number of rotatable bonds is 6. The molecule has 2 rings (SSSR count). The quantitative estimate of drug-likeness (QED) is 0.768. The van der Waals surface area contributed by atoms with E-state index < -0.39 is 12.1 Å². The van der Waals surface area contributed by atoms with Gasteiger partial charge < -0.3 is 14.7 Å². The Morgan fingerprint density at radius 3 is 2.08 bits per heavy atom. The number of carboxylic acids is 1. The van der Waals surface area contributed by atoms with Crippen LogP contribution in [-0.2, 0) is 16.0 Å². The van der Waals surface area contributed by atoms with Gasteiger partial charge in [-0.25, -0.2) is 9.18 Å². The molecule has 1 saturated heterocycles. The fourth-order valence-electron chi connectivity index (χ4n) is 2.44. The zero-order valence-corrected chi connectivity index (χ0v) is 14.6. The van der Waals surface area contributed by atoms with Crippen LogP contribution in [0.5, 0.6) is 0 Å². The molecule has 1 aliphatic rings. The smallest absolute Gasteiger partial charge is 0.475 e. The highest BCUT2D eigenvalue weighted by molar-refractivity contribution is 5.73. The van der Waals surface area contributed by atoms with E-state index in [4.69, 9.17) is 14.6 Å². The number of piperazine rings is 1. The third kappa shape index (κ3) is 8.59. The van der Waals surface area contributed by atoms with Gasteiger partial charge in [-0.2, -0.15) is 13.2 Å². The lowest BCUT2D eigenvalue weighted by Crippen LogP contribution is -2.47. The summed E-state index contributed by atoms with van der Waals surface area (Å²) in [5, 5.41) is 7.12. The first-order valence-corrected chi connectivity index (χ1v) is 8.21. The number of alkyl halides is 3. The minimum atomic E-state index is -5.08. The number of aliphatic carboxylic acids is 1. The van der Waals surface area contributed by atoms with Crippen molar-refractivity contribution in [1.29, 1.82) is 0 Å². The number of carbonyl (C=O) groups is 1.